The molecule has 0 heterocycles. The highest BCUT2D eigenvalue weighted by Gasteiger charge is 2.68. The van der Waals surface area contributed by atoms with E-state index in [9.17, 15) is 15.0 Å². The summed E-state index contributed by atoms with van der Waals surface area (Å²) in [6, 6.07) is 0. The molecule has 2 N–H and O–H groups in total. The summed E-state index contributed by atoms with van der Waals surface area (Å²) < 4.78 is 5.42. The molecular formula is C22H36O4. The standard InChI is InChI=1S/C22H36O4/c1-13-10-22-11-15(13)5-6-16(22)20(3)8-7-18(24)21(4,12-26-14(2)23)17(20)9-19(22)25/h13,15-19,24-25H,5-12H2,1-4H3/t13-,15+,16-,17?,18+,19-,20-,21+,22-/m0/s1. The Balaban J connectivity index is 1.71. The van der Waals surface area contributed by atoms with Gasteiger partial charge >= 0.3 is 5.97 Å². The lowest BCUT2D eigenvalue weighted by atomic mass is 9.40. The SMILES string of the molecule is CC(=O)OC[C@]1(C)C2C[C@H](O)[C@@]34C[C@@H](CC[C@H]3[C@]2(C)CC[C@H]1O)[C@@H](C)C4. The van der Waals surface area contributed by atoms with Crippen LogP contribution in [0.3, 0.4) is 0 Å². The molecular weight excluding hydrogens is 328 g/mol. The fraction of sp³-hybridized carbons (Fsp3) is 0.955. The van der Waals surface area contributed by atoms with Crippen molar-refractivity contribution in [3.05, 3.63) is 0 Å². The average Bonchev–Trinajstić information content (AvgIpc) is 2.83. The minimum absolute atomic E-state index is 0.0816. The van der Waals surface area contributed by atoms with E-state index in [4.69, 9.17) is 4.74 Å². The predicted molar refractivity (Wildman–Crippen MR) is 99.2 cm³/mol. The van der Waals surface area contributed by atoms with Gasteiger partial charge in [-0.1, -0.05) is 20.8 Å². The van der Waals surface area contributed by atoms with Crippen molar-refractivity contribution in [2.45, 2.75) is 84.8 Å². The predicted octanol–water partition coefficient (Wildman–Crippen LogP) is 3.54. The van der Waals surface area contributed by atoms with Crippen LogP contribution in [0.25, 0.3) is 0 Å². The van der Waals surface area contributed by atoms with E-state index in [0.29, 0.717) is 5.92 Å². The summed E-state index contributed by atoms with van der Waals surface area (Å²) >= 11 is 0. The molecule has 0 aromatic heterocycles. The van der Waals surface area contributed by atoms with Gasteiger partial charge in [0.1, 0.15) is 0 Å². The summed E-state index contributed by atoms with van der Waals surface area (Å²) in [5.74, 6) is 1.92. The minimum atomic E-state index is -0.472. The zero-order valence-corrected chi connectivity index (χ0v) is 16.8. The molecule has 0 aromatic carbocycles. The van der Waals surface area contributed by atoms with Crippen molar-refractivity contribution in [1.82, 2.24) is 0 Å². The number of aliphatic hydroxyl groups is 2. The summed E-state index contributed by atoms with van der Waals surface area (Å²) in [4.78, 5) is 11.5. The summed E-state index contributed by atoms with van der Waals surface area (Å²) in [5, 5.41) is 22.2. The van der Waals surface area contributed by atoms with Crippen LogP contribution in [0.15, 0.2) is 0 Å². The van der Waals surface area contributed by atoms with Gasteiger partial charge in [-0.25, -0.2) is 0 Å². The number of esters is 1. The van der Waals surface area contributed by atoms with Crippen LogP contribution < -0.4 is 0 Å². The summed E-state index contributed by atoms with van der Waals surface area (Å²) in [6.07, 6.45) is 6.60. The highest BCUT2D eigenvalue weighted by molar-refractivity contribution is 5.65. The molecule has 0 radical (unpaired) electrons. The molecule has 0 saturated heterocycles. The molecule has 0 aliphatic heterocycles. The van der Waals surface area contributed by atoms with Crippen molar-refractivity contribution < 1.29 is 19.7 Å². The Bertz CT molecular complexity index is 587. The number of hydrogen-bond donors (Lipinski definition) is 2. The Kier molecular flexibility index (Phi) is 4.28. The van der Waals surface area contributed by atoms with Crippen LogP contribution in [0.5, 0.6) is 0 Å². The number of aliphatic hydroxyl groups excluding tert-OH is 2. The highest BCUT2D eigenvalue weighted by atomic mass is 16.5. The molecule has 4 fully saturated rings. The van der Waals surface area contributed by atoms with Gasteiger partial charge in [0.15, 0.2) is 0 Å². The second-order valence-electron chi connectivity index (χ2n) is 10.7. The molecule has 1 spiro atoms. The van der Waals surface area contributed by atoms with E-state index >= 15 is 0 Å². The molecule has 148 valence electrons. The zero-order chi connectivity index (χ0) is 18.9. The molecule has 4 rings (SSSR count). The Morgan fingerprint density at radius 1 is 1.08 bits per heavy atom. The van der Waals surface area contributed by atoms with E-state index in [1.165, 1.54) is 26.2 Å². The lowest BCUT2D eigenvalue weighted by Gasteiger charge is -2.66. The van der Waals surface area contributed by atoms with Gasteiger partial charge in [-0.15, -0.1) is 0 Å². The first-order valence-corrected chi connectivity index (χ1v) is 10.6. The zero-order valence-electron chi connectivity index (χ0n) is 16.8. The van der Waals surface area contributed by atoms with Crippen LogP contribution >= 0.6 is 0 Å². The van der Waals surface area contributed by atoms with Gasteiger partial charge in [0, 0.05) is 17.8 Å². The number of rotatable bonds is 2. The minimum Gasteiger partial charge on any atom is -0.465 e. The first-order valence-electron chi connectivity index (χ1n) is 10.6. The van der Waals surface area contributed by atoms with Crippen molar-refractivity contribution >= 4 is 5.97 Å². The number of fused-ring (bicyclic) bond motifs is 3. The largest absolute Gasteiger partial charge is 0.465 e. The van der Waals surface area contributed by atoms with Crippen molar-refractivity contribution in [3.63, 3.8) is 0 Å². The van der Waals surface area contributed by atoms with E-state index in [1.807, 2.05) is 0 Å². The Labute approximate surface area is 157 Å². The second kappa shape index (κ2) is 5.94. The molecule has 9 atom stereocenters. The molecule has 1 unspecified atom stereocenters. The van der Waals surface area contributed by atoms with E-state index in [2.05, 4.69) is 20.8 Å². The lowest BCUT2D eigenvalue weighted by molar-refractivity contribution is -0.232. The van der Waals surface area contributed by atoms with Gasteiger partial charge in [-0.3, -0.25) is 4.79 Å². The fourth-order valence-electron chi connectivity index (χ4n) is 8.17. The van der Waals surface area contributed by atoms with E-state index in [1.54, 1.807) is 0 Å². The van der Waals surface area contributed by atoms with Crippen LogP contribution in [0.1, 0.15) is 72.6 Å². The third-order valence-electron chi connectivity index (χ3n) is 9.48. The Hall–Kier alpha value is -0.610. The second-order valence-corrected chi connectivity index (χ2v) is 10.7. The average molecular weight is 365 g/mol. The first kappa shape index (κ1) is 18.7. The van der Waals surface area contributed by atoms with Gasteiger partial charge < -0.3 is 14.9 Å². The van der Waals surface area contributed by atoms with Crippen LogP contribution in [-0.4, -0.2) is 35.0 Å². The quantitative estimate of drug-likeness (QED) is 0.736. The summed E-state index contributed by atoms with van der Waals surface area (Å²) in [7, 11) is 0. The number of ether oxygens (including phenoxy) is 1. The Morgan fingerprint density at radius 3 is 2.50 bits per heavy atom. The molecule has 2 bridgehead atoms. The molecule has 0 aromatic rings. The highest BCUT2D eigenvalue weighted by Crippen LogP contribution is 2.72. The lowest BCUT2D eigenvalue weighted by Crippen LogP contribution is -2.65. The van der Waals surface area contributed by atoms with Crippen LogP contribution in [-0.2, 0) is 9.53 Å². The van der Waals surface area contributed by atoms with Crippen LogP contribution in [0.4, 0.5) is 0 Å². The third kappa shape index (κ3) is 2.37. The van der Waals surface area contributed by atoms with Gasteiger partial charge in [0.05, 0.1) is 18.8 Å². The monoisotopic (exact) mass is 364 g/mol. The third-order valence-corrected chi connectivity index (χ3v) is 9.48. The topological polar surface area (TPSA) is 66.8 Å². The maximum atomic E-state index is 11.5. The molecule has 4 nitrogen and oxygen atoms in total. The van der Waals surface area contributed by atoms with Gasteiger partial charge in [0.2, 0.25) is 0 Å². The summed E-state index contributed by atoms with van der Waals surface area (Å²) in [5.41, 5.74) is -0.275. The maximum absolute atomic E-state index is 11.5. The van der Waals surface area contributed by atoms with Gasteiger partial charge in [-0.2, -0.15) is 0 Å². The number of carbonyl (C=O) groups is 1. The van der Waals surface area contributed by atoms with Gasteiger partial charge in [-0.05, 0) is 74.0 Å². The van der Waals surface area contributed by atoms with E-state index in [0.717, 1.165) is 37.5 Å². The normalized spacial score (nSPS) is 55.8. The van der Waals surface area contributed by atoms with Crippen molar-refractivity contribution in [2.75, 3.05) is 6.61 Å². The molecule has 26 heavy (non-hydrogen) atoms. The number of hydrogen-bond acceptors (Lipinski definition) is 4. The molecule has 4 heteroatoms. The summed E-state index contributed by atoms with van der Waals surface area (Å²) in [6.45, 7) is 8.56. The molecule has 0 amide bonds. The van der Waals surface area contributed by atoms with Crippen molar-refractivity contribution in [3.8, 4) is 0 Å². The first-order chi connectivity index (χ1) is 12.1. The van der Waals surface area contributed by atoms with Gasteiger partial charge in [0.25, 0.3) is 0 Å². The molecule has 4 aliphatic rings. The van der Waals surface area contributed by atoms with E-state index in [-0.39, 0.29) is 35.4 Å². The maximum Gasteiger partial charge on any atom is 0.302 e. The van der Waals surface area contributed by atoms with Crippen molar-refractivity contribution in [2.24, 2.45) is 39.9 Å². The van der Waals surface area contributed by atoms with Crippen LogP contribution in [0, 0.1) is 39.9 Å². The van der Waals surface area contributed by atoms with Crippen molar-refractivity contribution in [1.29, 1.82) is 0 Å². The fourth-order valence-corrected chi connectivity index (χ4v) is 8.17. The Morgan fingerprint density at radius 2 is 1.81 bits per heavy atom. The number of carbonyl (C=O) groups excluding carboxylic acids is 1. The smallest absolute Gasteiger partial charge is 0.302 e. The molecule has 4 aliphatic carbocycles. The van der Waals surface area contributed by atoms with Crippen LogP contribution in [0.2, 0.25) is 0 Å². The van der Waals surface area contributed by atoms with E-state index < -0.39 is 11.5 Å². The molecule has 4 saturated carbocycles.